The minimum Gasteiger partial charge on any atom is -0.378 e. The van der Waals surface area contributed by atoms with E-state index in [0.717, 1.165) is 67.5 Å². The molecule has 4 fully saturated rings. The monoisotopic (exact) mass is 506 g/mol. The summed E-state index contributed by atoms with van der Waals surface area (Å²) in [6.07, 6.45) is 28.6. The molecule has 0 bridgehead atoms. The Balaban J connectivity index is 1.05. The number of ether oxygens (including phenoxy) is 1. The van der Waals surface area contributed by atoms with Crippen LogP contribution in [-0.2, 0) is 4.74 Å². The van der Waals surface area contributed by atoms with E-state index in [2.05, 4.69) is 6.92 Å². The Hall–Kier alpha value is -0.440. The molecule has 0 radical (unpaired) electrons. The first kappa shape index (κ1) is 28.6. The van der Waals surface area contributed by atoms with Crippen LogP contribution in [0.25, 0.3) is 0 Å². The van der Waals surface area contributed by atoms with Crippen molar-refractivity contribution in [1.29, 1.82) is 0 Å². The number of halogens is 2. The van der Waals surface area contributed by atoms with Crippen LogP contribution in [0.4, 0.5) is 8.78 Å². The van der Waals surface area contributed by atoms with Crippen LogP contribution in [-0.4, -0.2) is 12.7 Å². The van der Waals surface area contributed by atoms with E-state index in [0.29, 0.717) is 18.4 Å². The second-order valence-electron chi connectivity index (χ2n) is 13.4. The summed E-state index contributed by atoms with van der Waals surface area (Å²) in [5, 5.41) is 0. The van der Waals surface area contributed by atoms with Crippen LogP contribution in [0.5, 0.6) is 0 Å². The summed E-state index contributed by atoms with van der Waals surface area (Å²) in [5.41, 5.74) is 0. The third kappa shape index (κ3) is 9.09. The van der Waals surface area contributed by atoms with Gasteiger partial charge in [-0.25, -0.2) is 0 Å². The van der Waals surface area contributed by atoms with Crippen LogP contribution < -0.4 is 0 Å². The molecule has 0 aromatic carbocycles. The maximum absolute atomic E-state index is 12.2. The van der Waals surface area contributed by atoms with Crippen LogP contribution >= 0.6 is 0 Å². The Morgan fingerprint density at radius 3 is 1.58 bits per heavy atom. The quantitative estimate of drug-likeness (QED) is 0.271. The molecule has 2 unspecified atom stereocenters. The first-order chi connectivity index (χ1) is 17.6. The molecule has 1 aliphatic heterocycles. The van der Waals surface area contributed by atoms with Crippen LogP contribution in [0.3, 0.4) is 0 Å². The lowest BCUT2D eigenvalue weighted by Gasteiger charge is -2.41. The fourth-order valence-corrected chi connectivity index (χ4v) is 8.64. The highest BCUT2D eigenvalue weighted by Gasteiger charge is 2.34. The fourth-order valence-electron chi connectivity index (χ4n) is 8.64. The van der Waals surface area contributed by atoms with E-state index in [4.69, 9.17) is 4.74 Å². The van der Waals surface area contributed by atoms with Crippen LogP contribution in [0, 0.1) is 41.4 Å². The molecule has 1 saturated heterocycles. The number of hydrogen-bond donors (Lipinski definition) is 0. The third-order valence-corrected chi connectivity index (χ3v) is 11.1. The number of rotatable bonds is 11. The van der Waals surface area contributed by atoms with Crippen LogP contribution in [0.15, 0.2) is 12.2 Å². The highest BCUT2D eigenvalue weighted by molar-refractivity contribution is 4.86. The highest BCUT2D eigenvalue weighted by Crippen LogP contribution is 2.46. The molecule has 0 aromatic rings. The molecule has 208 valence electrons. The number of hydrogen-bond acceptors (Lipinski definition) is 1. The summed E-state index contributed by atoms with van der Waals surface area (Å²) in [4.78, 5) is 0. The predicted octanol–water partition coefficient (Wildman–Crippen LogP) is 10.7. The summed E-state index contributed by atoms with van der Waals surface area (Å²) in [7, 11) is 0. The van der Waals surface area contributed by atoms with Crippen molar-refractivity contribution in [3.63, 3.8) is 0 Å². The Morgan fingerprint density at radius 1 is 0.611 bits per heavy atom. The molecule has 4 aliphatic rings. The normalized spacial score (nSPS) is 38.0. The molecule has 0 N–H and O–H groups in total. The molecule has 1 heterocycles. The van der Waals surface area contributed by atoms with E-state index in [1.165, 1.54) is 109 Å². The van der Waals surface area contributed by atoms with Gasteiger partial charge in [-0.1, -0.05) is 51.9 Å². The largest absolute Gasteiger partial charge is 0.378 e. The molecule has 1 nitrogen and oxygen atoms in total. The Morgan fingerprint density at radius 2 is 1.11 bits per heavy atom. The minimum atomic E-state index is -1.54. The summed E-state index contributed by atoms with van der Waals surface area (Å²) >= 11 is 0. The fraction of sp³-hybridized carbons (Fsp3) is 0.939. The van der Waals surface area contributed by atoms with E-state index in [9.17, 15) is 8.78 Å². The lowest BCUT2D eigenvalue weighted by molar-refractivity contribution is -0.0254. The van der Waals surface area contributed by atoms with Crippen molar-refractivity contribution in [3.8, 4) is 0 Å². The smallest absolute Gasteiger partial charge is 0.266 e. The predicted molar refractivity (Wildman–Crippen MR) is 147 cm³/mol. The van der Waals surface area contributed by atoms with E-state index in [-0.39, 0.29) is 0 Å². The summed E-state index contributed by atoms with van der Waals surface area (Å²) < 4.78 is 30.6. The van der Waals surface area contributed by atoms with Gasteiger partial charge >= 0.3 is 0 Å². The lowest BCUT2D eigenvalue weighted by atomic mass is 9.64. The van der Waals surface area contributed by atoms with Gasteiger partial charge in [0.15, 0.2) is 0 Å². The maximum atomic E-state index is 12.2. The second kappa shape index (κ2) is 15.2. The van der Waals surface area contributed by atoms with Gasteiger partial charge in [0.2, 0.25) is 0 Å². The summed E-state index contributed by atoms with van der Waals surface area (Å²) in [5.74, 6) is 6.61. The minimum absolute atomic E-state index is 0.421. The molecule has 0 aromatic heterocycles. The molecule has 3 aliphatic carbocycles. The Labute approximate surface area is 221 Å². The van der Waals surface area contributed by atoms with Crippen molar-refractivity contribution in [3.05, 3.63) is 12.2 Å². The van der Waals surface area contributed by atoms with Crippen molar-refractivity contribution in [2.45, 2.75) is 148 Å². The number of unbranched alkanes of at least 4 members (excludes halogenated alkanes) is 1. The summed E-state index contributed by atoms with van der Waals surface area (Å²) in [6.45, 7) is 3.12. The standard InChI is InChI=1S/C33H56F2O/c1-2-3-5-25-8-14-28(15-9-25)30-18-20-31(21-19-30)29-16-10-26(11-17-29)12-22-32-23-13-27(24-36-32)6-4-7-33(34)35/h7,25-32H,2-6,8-24H2,1H3. The SMILES string of the molecule is CCCCC1CCC(C2CCC(C3CCC(CCC4CCC(CCC=C(F)F)CO4)CC3)CC2)CC1. The van der Waals surface area contributed by atoms with E-state index < -0.39 is 6.08 Å². The van der Waals surface area contributed by atoms with E-state index in [1.54, 1.807) is 0 Å². The highest BCUT2D eigenvalue weighted by atomic mass is 19.3. The van der Waals surface area contributed by atoms with Gasteiger partial charge in [-0.3, -0.25) is 0 Å². The molecule has 3 heteroatoms. The Bertz CT molecular complexity index is 612. The van der Waals surface area contributed by atoms with Gasteiger partial charge in [0.1, 0.15) is 0 Å². The molecule has 4 rings (SSSR count). The Kier molecular flexibility index (Phi) is 12.1. The van der Waals surface area contributed by atoms with Gasteiger partial charge in [0.25, 0.3) is 6.08 Å². The van der Waals surface area contributed by atoms with Gasteiger partial charge in [-0.15, -0.1) is 0 Å². The average Bonchev–Trinajstić information content (AvgIpc) is 2.92. The topological polar surface area (TPSA) is 9.23 Å². The number of allylic oxidation sites excluding steroid dienone is 1. The van der Waals surface area contributed by atoms with Gasteiger partial charge in [0.05, 0.1) is 6.10 Å². The van der Waals surface area contributed by atoms with Gasteiger partial charge < -0.3 is 4.74 Å². The molecule has 0 spiro atoms. The van der Waals surface area contributed by atoms with Crippen LogP contribution in [0.2, 0.25) is 0 Å². The van der Waals surface area contributed by atoms with Crippen molar-refractivity contribution in [1.82, 2.24) is 0 Å². The molecular weight excluding hydrogens is 450 g/mol. The van der Waals surface area contributed by atoms with Crippen molar-refractivity contribution in [2.75, 3.05) is 6.61 Å². The maximum Gasteiger partial charge on any atom is 0.266 e. The van der Waals surface area contributed by atoms with E-state index >= 15 is 0 Å². The van der Waals surface area contributed by atoms with Gasteiger partial charge in [0, 0.05) is 6.61 Å². The molecule has 36 heavy (non-hydrogen) atoms. The first-order valence-electron chi connectivity index (χ1n) is 16.2. The molecular formula is C33H56F2O. The molecule has 0 amide bonds. The lowest BCUT2D eigenvalue weighted by Crippen LogP contribution is -2.30. The average molecular weight is 507 g/mol. The van der Waals surface area contributed by atoms with E-state index in [1.807, 2.05) is 0 Å². The van der Waals surface area contributed by atoms with Crippen molar-refractivity contribution in [2.24, 2.45) is 41.4 Å². The van der Waals surface area contributed by atoms with Crippen molar-refractivity contribution >= 4 is 0 Å². The third-order valence-electron chi connectivity index (χ3n) is 11.1. The zero-order valence-corrected chi connectivity index (χ0v) is 23.4. The molecule has 2 atom stereocenters. The second-order valence-corrected chi connectivity index (χ2v) is 13.4. The zero-order valence-electron chi connectivity index (χ0n) is 23.4. The zero-order chi connectivity index (χ0) is 25.2. The van der Waals surface area contributed by atoms with Crippen LogP contribution in [0.1, 0.15) is 142 Å². The summed E-state index contributed by atoms with van der Waals surface area (Å²) in [6, 6.07) is 0. The molecule has 3 saturated carbocycles. The van der Waals surface area contributed by atoms with Gasteiger partial charge in [-0.2, -0.15) is 8.78 Å². The van der Waals surface area contributed by atoms with Gasteiger partial charge in [-0.05, 0) is 137 Å². The first-order valence-corrected chi connectivity index (χ1v) is 16.2. The van der Waals surface area contributed by atoms with Crippen molar-refractivity contribution < 1.29 is 13.5 Å².